The van der Waals surface area contributed by atoms with Crippen LogP contribution in [0, 0.1) is 5.82 Å². The van der Waals surface area contributed by atoms with Crippen molar-refractivity contribution in [3.63, 3.8) is 0 Å². The standard InChI is InChI=1S/C23H17FO4/c1-3-23(26)28-20-12-13-21(22(24)14-20)18-6-4-16(5-7-18)17-8-10-19(11-9-17)27-15(2)25/h3-14H,1H2,2H3. The van der Waals surface area contributed by atoms with Crippen LogP contribution in [0.15, 0.2) is 79.4 Å². The fourth-order valence-electron chi connectivity index (χ4n) is 2.67. The van der Waals surface area contributed by atoms with E-state index in [2.05, 4.69) is 6.58 Å². The molecule has 140 valence electrons. The van der Waals surface area contributed by atoms with Crippen molar-refractivity contribution in [3.05, 3.63) is 85.2 Å². The molecule has 0 aliphatic carbocycles. The molecule has 4 nitrogen and oxygen atoms in total. The Kier molecular flexibility index (Phi) is 5.65. The summed E-state index contributed by atoms with van der Waals surface area (Å²) in [7, 11) is 0. The van der Waals surface area contributed by atoms with Crippen molar-refractivity contribution < 1.29 is 23.5 Å². The number of hydrogen-bond donors (Lipinski definition) is 0. The first-order chi connectivity index (χ1) is 13.5. The van der Waals surface area contributed by atoms with Crippen molar-refractivity contribution in [1.29, 1.82) is 0 Å². The van der Waals surface area contributed by atoms with Crippen LogP contribution in [-0.4, -0.2) is 11.9 Å². The molecule has 28 heavy (non-hydrogen) atoms. The summed E-state index contributed by atoms with van der Waals surface area (Å²) >= 11 is 0. The van der Waals surface area contributed by atoms with Crippen LogP contribution >= 0.6 is 0 Å². The molecule has 0 aliphatic rings. The number of carbonyl (C=O) groups is 2. The molecule has 0 unspecified atom stereocenters. The second-order valence-corrected chi connectivity index (χ2v) is 5.96. The van der Waals surface area contributed by atoms with Crippen LogP contribution in [-0.2, 0) is 9.59 Å². The molecule has 0 amide bonds. The molecule has 0 N–H and O–H groups in total. The van der Waals surface area contributed by atoms with E-state index >= 15 is 0 Å². The molecule has 0 fully saturated rings. The van der Waals surface area contributed by atoms with Gasteiger partial charge in [-0.1, -0.05) is 43.0 Å². The second kappa shape index (κ2) is 8.31. The number of halogens is 1. The minimum atomic E-state index is -0.642. The second-order valence-electron chi connectivity index (χ2n) is 5.96. The Balaban J connectivity index is 1.79. The molecule has 0 aliphatic heterocycles. The van der Waals surface area contributed by atoms with E-state index in [1.165, 1.54) is 19.1 Å². The van der Waals surface area contributed by atoms with E-state index in [9.17, 15) is 14.0 Å². The zero-order chi connectivity index (χ0) is 20.1. The van der Waals surface area contributed by atoms with Crippen molar-refractivity contribution in [3.8, 4) is 33.8 Å². The third-order valence-electron chi connectivity index (χ3n) is 3.97. The Bertz CT molecular complexity index is 1020. The quantitative estimate of drug-likeness (QED) is 0.350. The SMILES string of the molecule is C=CC(=O)Oc1ccc(-c2ccc(-c3ccc(OC(C)=O)cc3)cc2)c(F)c1. The number of benzene rings is 3. The summed E-state index contributed by atoms with van der Waals surface area (Å²) in [5.74, 6) is -0.906. The lowest BCUT2D eigenvalue weighted by molar-refractivity contribution is -0.132. The number of esters is 2. The summed E-state index contributed by atoms with van der Waals surface area (Å²) in [5.41, 5.74) is 2.97. The van der Waals surface area contributed by atoms with Gasteiger partial charge in [0.15, 0.2) is 0 Å². The van der Waals surface area contributed by atoms with Gasteiger partial charge in [0.1, 0.15) is 17.3 Å². The molecule has 5 heteroatoms. The van der Waals surface area contributed by atoms with E-state index < -0.39 is 11.8 Å². The summed E-state index contributed by atoms with van der Waals surface area (Å²) in [6.07, 6.45) is 1.02. The molecule has 0 bridgehead atoms. The van der Waals surface area contributed by atoms with Gasteiger partial charge in [0.25, 0.3) is 0 Å². The van der Waals surface area contributed by atoms with Crippen LogP contribution in [0.25, 0.3) is 22.3 Å². The maximum atomic E-state index is 14.4. The Hall–Kier alpha value is -3.73. The largest absolute Gasteiger partial charge is 0.427 e. The molecule has 0 aromatic heterocycles. The van der Waals surface area contributed by atoms with E-state index in [0.29, 0.717) is 16.9 Å². The lowest BCUT2D eigenvalue weighted by Gasteiger charge is -2.08. The Labute approximate surface area is 161 Å². The average molecular weight is 376 g/mol. The highest BCUT2D eigenvalue weighted by Crippen LogP contribution is 2.29. The molecular formula is C23H17FO4. The maximum Gasteiger partial charge on any atom is 0.335 e. The zero-order valence-corrected chi connectivity index (χ0v) is 15.1. The van der Waals surface area contributed by atoms with Crippen molar-refractivity contribution >= 4 is 11.9 Å². The maximum absolute atomic E-state index is 14.4. The number of ether oxygens (including phenoxy) is 2. The first kappa shape index (κ1) is 19.0. The fourth-order valence-corrected chi connectivity index (χ4v) is 2.67. The Morgan fingerprint density at radius 2 is 1.36 bits per heavy atom. The van der Waals surface area contributed by atoms with Gasteiger partial charge in [-0.05, 0) is 41.0 Å². The van der Waals surface area contributed by atoms with Gasteiger partial charge in [-0.25, -0.2) is 9.18 Å². The van der Waals surface area contributed by atoms with Gasteiger partial charge in [-0.15, -0.1) is 0 Å². The minimum Gasteiger partial charge on any atom is -0.427 e. The van der Waals surface area contributed by atoms with Crippen LogP contribution < -0.4 is 9.47 Å². The van der Waals surface area contributed by atoms with Crippen molar-refractivity contribution in [2.24, 2.45) is 0 Å². The monoisotopic (exact) mass is 376 g/mol. The molecule has 0 spiro atoms. The van der Waals surface area contributed by atoms with Crippen LogP contribution in [0.4, 0.5) is 4.39 Å². The first-order valence-corrected chi connectivity index (χ1v) is 8.49. The van der Waals surface area contributed by atoms with Crippen molar-refractivity contribution in [2.45, 2.75) is 6.92 Å². The van der Waals surface area contributed by atoms with E-state index in [1.807, 2.05) is 36.4 Å². The molecule has 0 heterocycles. The summed E-state index contributed by atoms with van der Waals surface area (Å²) in [6, 6.07) is 18.7. The lowest BCUT2D eigenvalue weighted by Crippen LogP contribution is -2.03. The van der Waals surface area contributed by atoms with E-state index in [1.54, 1.807) is 18.2 Å². The van der Waals surface area contributed by atoms with Gasteiger partial charge in [0.05, 0.1) is 0 Å². The van der Waals surface area contributed by atoms with Crippen LogP contribution in [0.3, 0.4) is 0 Å². The molecule has 0 radical (unpaired) electrons. The van der Waals surface area contributed by atoms with Crippen LogP contribution in [0.1, 0.15) is 6.92 Å². The van der Waals surface area contributed by atoms with Crippen molar-refractivity contribution in [2.75, 3.05) is 0 Å². The third kappa shape index (κ3) is 4.51. The van der Waals surface area contributed by atoms with E-state index in [-0.39, 0.29) is 11.7 Å². The Morgan fingerprint density at radius 3 is 1.89 bits per heavy atom. The first-order valence-electron chi connectivity index (χ1n) is 8.49. The molecule has 0 saturated heterocycles. The smallest absolute Gasteiger partial charge is 0.335 e. The summed E-state index contributed by atoms with van der Waals surface area (Å²) in [5, 5.41) is 0. The Morgan fingerprint density at radius 1 is 0.821 bits per heavy atom. The number of rotatable bonds is 5. The predicted molar refractivity (Wildman–Crippen MR) is 104 cm³/mol. The van der Waals surface area contributed by atoms with Gasteiger partial charge in [0, 0.05) is 24.6 Å². The highest BCUT2D eigenvalue weighted by atomic mass is 19.1. The van der Waals surface area contributed by atoms with Gasteiger partial charge >= 0.3 is 11.9 Å². The van der Waals surface area contributed by atoms with Gasteiger partial charge in [-0.3, -0.25) is 4.79 Å². The summed E-state index contributed by atoms with van der Waals surface area (Å²) in [6.45, 7) is 4.65. The summed E-state index contributed by atoms with van der Waals surface area (Å²) < 4.78 is 24.3. The van der Waals surface area contributed by atoms with Crippen LogP contribution in [0.2, 0.25) is 0 Å². The average Bonchev–Trinajstić information content (AvgIpc) is 2.68. The van der Waals surface area contributed by atoms with Gasteiger partial charge in [-0.2, -0.15) is 0 Å². The third-order valence-corrected chi connectivity index (χ3v) is 3.97. The highest BCUT2D eigenvalue weighted by molar-refractivity contribution is 5.83. The molecule has 3 aromatic carbocycles. The molecule has 3 rings (SSSR count). The molecule has 0 atom stereocenters. The predicted octanol–water partition coefficient (Wildman–Crippen LogP) is 5.18. The van der Waals surface area contributed by atoms with Gasteiger partial charge < -0.3 is 9.47 Å². The highest BCUT2D eigenvalue weighted by Gasteiger charge is 2.09. The number of carbonyl (C=O) groups excluding carboxylic acids is 2. The van der Waals surface area contributed by atoms with E-state index in [4.69, 9.17) is 9.47 Å². The number of hydrogen-bond acceptors (Lipinski definition) is 4. The molecular weight excluding hydrogens is 359 g/mol. The van der Waals surface area contributed by atoms with E-state index in [0.717, 1.165) is 17.2 Å². The molecule has 0 saturated carbocycles. The topological polar surface area (TPSA) is 52.6 Å². The normalized spacial score (nSPS) is 10.2. The molecule has 3 aromatic rings. The lowest BCUT2D eigenvalue weighted by atomic mass is 10.00. The fraction of sp³-hybridized carbons (Fsp3) is 0.0435. The van der Waals surface area contributed by atoms with Gasteiger partial charge in [0.2, 0.25) is 0 Å². The zero-order valence-electron chi connectivity index (χ0n) is 15.1. The summed E-state index contributed by atoms with van der Waals surface area (Å²) in [4.78, 5) is 22.2. The minimum absolute atomic E-state index is 0.121. The van der Waals surface area contributed by atoms with Crippen molar-refractivity contribution in [1.82, 2.24) is 0 Å². The van der Waals surface area contributed by atoms with Crippen LogP contribution in [0.5, 0.6) is 11.5 Å².